The third-order valence-corrected chi connectivity index (χ3v) is 2.54. The number of rotatable bonds is 0. The minimum absolute atomic E-state index is 0.369. The van der Waals surface area contributed by atoms with Crippen LogP contribution in [0.4, 0.5) is 5.82 Å². The van der Waals surface area contributed by atoms with Gasteiger partial charge in [0, 0.05) is 0 Å². The second-order valence-electron chi connectivity index (χ2n) is 2.41. The second-order valence-corrected chi connectivity index (χ2v) is 3.20. The molecule has 0 aliphatic carbocycles. The summed E-state index contributed by atoms with van der Waals surface area (Å²) in [5.41, 5.74) is 6.84. The molecule has 2 aromatic rings. The first-order valence-electron chi connectivity index (χ1n) is 3.35. The number of fused-ring (bicyclic) bond motifs is 1. The lowest BCUT2D eigenvalue weighted by atomic mass is 10.4. The first kappa shape index (κ1) is 7.54. The number of nitrogen functional groups attached to an aromatic ring is 1. The zero-order chi connectivity index (χ0) is 8.72. The Balaban J connectivity index is 2.95. The summed E-state index contributed by atoms with van der Waals surface area (Å²) in [5, 5.41) is 0. The number of aryl methyl sites for hydroxylation is 1. The molecule has 0 aliphatic heterocycles. The number of aromatic nitrogens is 2. The maximum absolute atomic E-state index is 5.57. The Bertz CT molecular complexity index is 437. The normalized spacial score (nSPS) is 10.8. The molecule has 0 fully saturated rings. The smallest absolute Gasteiger partial charge is 0.195 e. The third-order valence-electron chi connectivity index (χ3n) is 1.60. The van der Waals surface area contributed by atoms with Crippen LogP contribution in [0.1, 0.15) is 5.76 Å². The number of nitrogens with two attached hydrogens (primary N) is 1. The standard InChI is InChI=1S/C7H6BrN3O/c1-3-4(8)5-6(12-3)7(9)11-2-10-5/h2H,1H3,(H2,9,10,11). The van der Waals surface area contributed by atoms with Gasteiger partial charge in [0.2, 0.25) is 0 Å². The van der Waals surface area contributed by atoms with Crippen LogP contribution < -0.4 is 5.73 Å². The summed E-state index contributed by atoms with van der Waals surface area (Å²) in [6.07, 6.45) is 1.41. The van der Waals surface area contributed by atoms with E-state index in [1.165, 1.54) is 6.33 Å². The van der Waals surface area contributed by atoms with Gasteiger partial charge < -0.3 is 10.2 Å². The van der Waals surface area contributed by atoms with Crippen molar-refractivity contribution in [3.8, 4) is 0 Å². The van der Waals surface area contributed by atoms with Crippen molar-refractivity contribution in [3.63, 3.8) is 0 Å². The fraction of sp³-hybridized carbons (Fsp3) is 0.143. The Kier molecular flexibility index (Phi) is 1.54. The van der Waals surface area contributed by atoms with Crippen molar-refractivity contribution in [3.05, 3.63) is 16.6 Å². The Hall–Kier alpha value is -1.10. The molecule has 0 unspecified atom stereocenters. The highest BCUT2D eigenvalue weighted by Gasteiger charge is 2.11. The van der Waals surface area contributed by atoms with Gasteiger partial charge in [0.1, 0.15) is 17.6 Å². The number of nitrogens with zero attached hydrogens (tertiary/aromatic N) is 2. The van der Waals surface area contributed by atoms with E-state index in [1.54, 1.807) is 0 Å². The van der Waals surface area contributed by atoms with Crippen molar-refractivity contribution in [2.75, 3.05) is 5.73 Å². The van der Waals surface area contributed by atoms with Crippen LogP contribution in [0.25, 0.3) is 11.1 Å². The molecule has 0 spiro atoms. The molecular weight excluding hydrogens is 222 g/mol. The first-order chi connectivity index (χ1) is 5.70. The molecule has 4 nitrogen and oxygen atoms in total. The van der Waals surface area contributed by atoms with Crippen LogP contribution in [0, 0.1) is 6.92 Å². The van der Waals surface area contributed by atoms with Crippen LogP contribution >= 0.6 is 15.9 Å². The molecule has 0 saturated heterocycles. The topological polar surface area (TPSA) is 64.9 Å². The van der Waals surface area contributed by atoms with Gasteiger partial charge in [-0.05, 0) is 22.9 Å². The zero-order valence-corrected chi connectivity index (χ0v) is 7.92. The van der Waals surface area contributed by atoms with Crippen molar-refractivity contribution in [2.24, 2.45) is 0 Å². The van der Waals surface area contributed by atoms with Gasteiger partial charge in [0.05, 0.1) is 4.47 Å². The van der Waals surface area contributed by atoms with E-state index in [9.17, 15) is 0 Å². The van der Waals surface area contributed by atoms with Gasteiger partial charge in [-0.2, -0.15) is 0 Å². The predicted molar refractivity (Wildman–Crippen MR) is 48.7 cm³/mol. The van der Waals surface area contributed by atoms with E-state index < -0.39 is 0 Å². The summed E-state index contributed by atoms with van der Waals surface area (Å²) in [6.45, 7) is 1.84. The quantitative estimate of drug-likeness (QED) is 0.747. The maximum Gasteiger partial charge on any atom is 0.195 e. The summed E-state index contributed by atoms with van der Waals surface area (Å²) in [6, 6.07) is 0. The van der Waals surface area contributed by atoms with Gasteiger partial charge >= 0.3 is 0 Å². The summed E-state index contributed by atoms with van der Waals surface area (Å²) in [7, 11) is 0. The Labute approximate surface area is 76.9 Å². The van der Waals surface area contributed by atoms with Gasteiger partial charge in [-0.1, -0.05) is 0 Å². The van der Waals surface area contributed by atoms with E-state index in [2.05, 4.69) is 25.9 Å². The second kappa shape index (κ2) is 2.45. The fourth-order valence-electron chi connectivity index (χ4n) is 1.01. The molecule has 0 saturated carbocycles. The number of hydrogen-bond donors (Lipinski definition) is 1. The molecule has 2 heterocycles. The van der Waals surface area contributed by atoms with E-state index in [-0.39, 0.29) is 0 Å². The van der Waals surface area contributed by atoms with Crippen molar-refractivity contribution >= 4 is 32.8 Å². The SMILES string of the molecule is Cc1oc2c(N)ncnc2c1Br. The molecule has 0 aromatic carbocycles. The van der Waals surface area contributed by atoms with Crippen LogP contribution in [-0.2, 0) is 0 Å². The lowest BCUT2D eigenvalue weighted by molar-refractivity contribution is 0.575. The summed E-state index contributed by atoms with van der Waals surface area (Å²) >= 11 is 3.35. The average Bonchev–Trinajstić information content (AvgIpc) is 2.32. The molecular formula is C7H6BrN3O. The van der Waals surface area contributed by atoms with E-state index in [0.29, 0.717) is 11.4 Å². The monoisotopic (exact) mass is 227 g/mol. The van der Waals surface area contributed by atoms with Crippen LogP contribution in [0.2, 0.25) is 0 Å². The first-order valence-corrected chi connectivity index (χ1v) is 4.14. The van der Waals surface area contributed by atoms with E-state index in [1.807, 2.05) is 6.92 Å². The Morgan fingerprint density at radius 1 is 1.50 bits per heavy atom. The molecule has 0 radical (unpaired) electrons. The lowest BCUT2D eigenvalue weighted by Gasteiger charge is -1.90. The molecule has 2 aromatic heterocycles. The molecule has 0 aliphatic rings. The van der Waals surface area contributed by atoms with Gasteiger partial charge in [0.15, 0.2) is 11.4 Å². The van der Waals surface area contributed by atoms with Gasteiger partial charge in [-0.15, -0.1) is 0 Å². The predicted octanol–water partition coefficient (Wildman–Crippen LogP) is 1.88. The molecule has 2 N–H and O–H groups in total. The summed E-state index contributed by atoms with van der Waals surface area (Å²) < 4.78 is 6.17. The molecule has 0 atom stereocenters. The third kappa shape index (κ3) is 0.896. The highest BCUT2D eigenvalue weighted by atomic mass is 79.9. The van der Waals surface area contributed by atoms with Gasteiger partial charge in [-0.3, -0.25) is 0 Å². The van der Waals surface area contributed by atoms with Gasteiger partial charge in [-0.25, -0.2) is 9.97 Å². The zero-order valence-electron chi connectivity index (χ0n) is 6.34. The molecule has 12 heavy (non-hydrogen) atoms. The van der Waals surface area contributed by atoms with E-state index >= 15 is 0 Å². The molecule has 0 amide bonds. The maximum atomic E-state index is 5.57. The molecule has 0 bridgehead atoms. The van der Waals surface area contributed by atoms with Crippen molar-refractivity contribution in [1.29, 1.82) is 0 Å². The lowest BCUT2D eigenvalue weighted by Crippen LogP contribution is -1.90. The Morgan fingerprint density at radius 3 is 2.92 bits per heavy atom. The summed E-state index contributed by atoms with van der Waals surface area (Å²) in [4.78, 5) is 7.84. The number of anilines is 1. The molecule has 5 heteroatoms. The number of halogens is 1. The number of furan rings is 1. The summed E-state index contributed by atoms with van der Waals surface area (Å²) in [5.74, 6) is 1.13. The minimum Gasteiger partial charge on any atom is -0.455 e. The van der Waals surface area contributed by atoms with Crippen molar-refractivity contribution in [2.45, 2.75) is 6.92 Å². The van der Waals surface area contributed by atoms with Crippen LogP contribution in [0.3, 0.4) is 0 Å². The van der Waals surface area contributed by atoms with Crippen LogP contribution in [0.15, 0.2) is 15.2 Å². The minimum atomic E-state index is 0.369. The average molecular weight is 228 g/mol. The number of hydrogen-bond acceptors (Lipinski definition) is 4. The van der Waals surface area contributed by atoms with E-state index in [0.717, 1.165) is 15.7 Å². The molecule has 2 rings (SSSR count). The Morgan fingerprint density at radius 2 is 2.25 bits per heavy atom. The van der Waals surface area contributed by atoms with Gasteiger partial charge in [0.25, 0.3) is 0 Å². The van der Waals surface area contributed by atoms with Crippen molar-refractivity contribution < 1.29 is 4.42 Å². The molecule has 62 valence electrons. The van der Waals surface area contributed by atoms with Crippen LogP contribution in [-0.4, -0.2) is 9.97 Å². The highest BCUT2D eigenvalue weighted by Crippen LogP contribution is 2.30. The largest absolute Gasteiger partial charge is 0.455 e. The fourth-order valence-corrected chi connectivity index (χ4v) is 1.37. The highest BCUT2D eigenvalue weighted by molar-refractivity contribution is 9.10. The van der Waals surface area contributed by atoms with E-state index in [4.69, 9.17) is 10.2 Å². The van der Waals surface area contributed by atoms with Crippen LogP contribution in [0.5, 0.6) is 0 Å². The van der Waals surface area contributed by atoms with Crippen molar-refractivity contribution in [1.82, 2.24) is 9.97 Å².